The third-order valence-electron chi connectivity index (χ3n) is 4.59. The molecule has 0 saturated carbocycles. The number of halogens is 1. The largest absolute Gasteiger partial charge is 0.473 e. The summed E-state index contributed by atoms with van der Waals surface area (Å²) in [6.07, 6.45) is 0. The number of carbonyl (C=O) groups is 2. The molecular weight excluding hydrogens is 400 g/mol. The average molecular weight is 421 g/mol. The van der Waals surface area contributed by atoms with E-state index in [-0.39, 0.29) is 0 Å². The molecule has 1 saturated heterocycles. The number of anilines is 1. The van der Waals surface area contributed by atoms with Crippen LogP contribution >= 0.6 is 11.6 Å². The van der Waals surface area contributed by atoms with Crippen molar-refractivity contribution < 1.29 is 29.3 Å². The van der Waals surface area contributed by atoms with E-state index in [4.69, 9.17) is 40.9 Å². The van der Waals surface area contributed by atoms with E-state index in [0.29, 0.717) is 6.79 Å². The number of nitrogens with zero attached hydrogens (tertiary/aromatic N) is 2. The number of carboxylic acid groups (broad SMARTS) is 2. The van der Waals surface area contributed by atoms with Crippen LogP contribution in [-0.2, 0) is 16.1 Å². The van der Waals surface area contributed by atoms with Gasteiger partial charge in [-0.3, -0.25) is 4.90 Å². The number of rotatable bonds is 3. The highest BCUT2D eigenvalue weighted by molar-refractivity contribution is 6.33. The second-order valence-electron chi connectivity index (χ2n) is 6.51. The molecule has 2 aromatic rings. The van der Waals surface area contributed by atoms with E-state index >= 15 is 0 Å². The van der Waals surface area contributed by atoms with Gasteiger partial charge in [-0.05, 0) is 29.8 Å². The summed E-state index contributed by atoms with van der Waals surface area (Å²) in [5.74, 6) is -1.94. The van der Waals surface area contributed by atoms with Crippen molar-refractivity contribution in [2.24, 2.45) is 0 Å². The zero-order chi connectivity index (χ0) is 20.8. The highest BCUT2D eigenvalue weighted by Crippen LogP contribution is 2.33. The minimum Gasteiger partial charge on any atom is -0.473 e. The molecule has 0 amide bonds. The first-order valence-corrected chi connectivity index (χ1v) is 9.38. The summed E-state index contributed by atoms with van der Waals surface area (Å²) in [7, 11) is 0. The van der Waals surface area contributed by atoms with E-state index in [9.17, 15) is 0 Å². The first kappa shape index (κ1) is 20.8. The molecule has 0 radical (unpaired) electrons. The smallest absolute Gasteiger partial charge is 0.414 e. The Labute approximate surface area is 172 Å². The quantitative estimate of drug-likeness (QED) is 0.731. The Morgan fingerprint density at radius 3 is 2.24 bits per heavy atom. The van der Waals surface area contributed by atoms with E-state index in [0.717, 1.165) is 54.9 Å². The average Bonchev–Trinajstić information content (AvgIpc) is 3.17. The maximum absolute atomic E-state index is 9.10. The third-order valence-corrected chi connectivity index (χ3v) is 4.91. The first-order valence-electron chi connectivity index (χ1n) is 9.00. The molecule has 4 rings (SSSR count). The van der Waals surface area contributed by atoms with Gasteiger partial charge in [-0.25, -0.2) is 9.59 Å². The number of fused-ring (bicyclic) bond motifs is 1. The molecule has 0 atom stereocenters. The number of aliphatic carboxylic acids is 2. The SMILES string of the molecule is Clc1ccccc1N1CCN(Cc2ccc3c(c2)OCO3)CC1.O=C(O)C(=O)O. The minimum absolute atomic E-state index is 0.329. The van der Waals surface area contributed by atoms with Crippen LogP contribution in [-0.4, -0.2) is 60.0 Å². The summed E-state index contributed by atoms with van der Waals surface area (Å²) < 4.78 is 10.8. The lowest BCUT2D eigenvalue weighted by Gasteiger charge is -2.36. The van der Waals surface area contributed by atoms with Gasteiger partial charge in [0, 0.05) is 32.7 Å². The van der Waals surface area contributed by atoms with E-state index < -0.39 is 11.9 Å². The lowest BCUT2D eigenvalue weighted by molar-refractivity contribution is -0.159. The minimum atomic E-state index is -1.82. The van der Waals surface area contributed by atoms with Crippen LogP contribution in [0.3, 0.4) is 0 Å². The van der Waals surface area contributed by atoms with Crippen LogP contribution in [0.1, 0.15) is 5.56 Å². The predicted octanol–water partition coefficient (Wildman–Crippen LogP) is 2.55. The number of carboxylic acids is 2. The Bertz CT molecular complexity index is 871. The Hall–Kier alpha value is -2.97. The third kappa shape index (κ3) is 5.52. The fourth-order valence-electron chi connectivity index (χ4n) is 3.15. The van der Waals surface area contributed by atoms with Gasteiger partial charge in [0.15, 0.2) is 11.5 Å². The van der Waals surface area contributed by atoms with Crippen molar-refractivity contribution in [2.75, 3.05) is 37.9 Å². The van der Waals surface area contributed by atoms with Crippen LogP contribution < -0.4 is 14.4 Å². The summed E-state index contributed by atoms with van der Waals surface area (Å²) in [5, 5.41) is 15.6. The van der Waals surface area contributed by atoms with Crippen molar-refractivity contribution >= 4 is 29.2 Å². The lowest BCUT2D eigenvalue weighted by Crippen LogP contribution is -2.46. The van der Waals surface area contributed by atoms with Crippen molar-refractivity contribution in [2.45, 2.75) is 6.54 Å². The van der Waals surface area contributed by atoms with Gasteiger partial charge in [-0.2, -0.15) is 0 Å². The fraction of sp³-hybridized carbons (Fsp3) is 0.300. The van der Waals surface area contributed by atoms with Crippen molar-refractivity contribution in [3.8, 4) is 11.5 Å². The zero-order valence-electron chi connectivity index (χ0n) is 15.6. The zero-order valence-corrected chi connectivity index (χ0v) is 16.3. The Kier molecular flexibility index (Phi) is 6.79. The lowest BCUT2D eigenvalue weighted by atomic mass is 10.1. The molecule has 0 bridgehead atoms. The Morgan fingerprint density at radius 2 is 1.59 bits per heavy atom. The number of para-hydroxylation sites is 1. The molecule has 2 aliphatic rings. The van der Waals surface area contributed by atoms with Gasteiger partial charge >= 0.3 is 11.9 Å². The monoisotopic (exact) mass is 420 g/mol. The number of piperazine rings is 1. The summed E-state index contributed by atoms with van der Waals surface area (Å²) in [4.78, 5) is 23.0. The summed E-state index contributed by atoms with van der Waals surface area (Å²) in [5.41, 5.74) is 2.40. The normalized spacial score (nSPS) is 15.4. The van der Waals surface area contributed by atoms with E-state index in [1.807, 2.05) is 24.3 Å². The second kappa shape index (κ2) is 9.49. The number of benzene rings is 2. The van der Waals surface area contributed by atoms with Crippen molar-refractivity contribution in [1.29, 1.82) is 0 Å². The molecule has 2 aliphatic heterocycles. The predicted molar refractivity (Wildman–Crippen MR) is 107 cm³/mol. The molecule has 2 N–H and O–H groups in total. The maximum Gasteiger partial charge on any atom is 0.414 e. The van der Waals surface area contributed by atoms with Crippen molar-refractivity contribution in [3.05, 3.63) is 53.1 Å². The Morgan fingerprint density at radius 1 is 0.931 bits per heavy atom. The van der Waals surface area contributed by atoms with Gasteiger partial charge < -0.3 is 24.6 Å². The van der Waals surface area contributed by atoms with Crippen molar-refractivity contribution in [3.63, 3.8) is 0 Å². The molecule has 154 valence electrons. The van der Waals surface area contributed by atoms with Crippen LogP contribution in [0.5, 0.6) is 11.5 Å². The van der Waals surface area contributed by atoms with Crippen LogP contribution in [0.2, 0.25) is 5.02 Å². The molecule has 9 heteroatoms. The molecular formula is C20H21ClN2O6. The summed E-state index contributed by atoms with van der Waals surface area (Å²) >= 11 is 6.30. The number of hydrogen-bond donors (Lipinski definition) is 2. The summed E-state index contributed by atoms with van der Waals surface area (Å²) in [6, 6.07) is 14.3. The first-order chi connectivity index (χ1) is 13.9. The molecule has 2 aromatic carbocycles. The van der Waals surface area contributed by atoms with E-state index in [2.05, 4.69) is 28.0 Å². The van der Waals surface area contributed by atoms with Crippen molar-refractivity contribution in [1.82, 2.24) is 4.90 Å². The standard InChI is InChI=1S/C18H19ClN2O2.C2H2O4/c19-15-3-1-2-4-16(15)21-9-7-20(8-10-21)12-14-5-6-17-18(11-14)23-13-22-17;3-1(4)2(5)6/h1-6,11H,7-10,12-13H2;(H,3,4)(H,5,6). The van der Waals surface area contributed by atoms with Crippen LogP contribution in [0, 0.1) is 0 Å². The molecule has 8 nitrogen and oxygen atoms in total. The maximum atomic E-state index is 9.10. The number of ether oxygens (including phenoxy) is 2. The molecule has 0 unspecified atom stereocenters. The summed E-state index contributed by atoms with van der Waals surface area (Å²) in [6.45, 7) is 5.31. The fourth-order valence-corrected chi connectivity index (χ4v) is 3.41. The van der Waals surface area contributed by atoms with Gasteiger partial charge in [0.05, 0.1) is 10.7 Å². The molecule has 0 spiro atoms. The molecule has 1 fully saturated rings. The molecule has 2 heterocycles. The second-order valence-corrected chi connectivity index (χ2v) is 6.92. The van der Waals surface area contributed by atoms with Gasteiger partial charge in [-0.15, -0.1) is 0 Å². The van der Waals surface area contributed by atoms with Crippen LogP contribution in [0.4, 0.5) is 5.69 Å². The van der Waals surface area contributed by atoms with Crippen LogP contribution in [0.25, 0.3) is 0 Å². The Balaban J connectivity index is 0.000000353. The van der Waals surface area contributed by atoms with Gasteiger partial charge in [-0.1, -0.05) is 29.8 Å². The van der Waals surface area contributed by atoms with E-state index in [1.54, 1.807) is 0 Å². The van der Waals surface area contributed by atoms with Crippen LogP contribution in [0.15, 0.2) is 42.5 Å². The van der Waals surface area contributed by atoms with E-state index in [1.165, 1.54) is 5.56 Å². The van der Waals surface area contributed by atoms with Gasteiger partial charge in [0.1, 0.15) is 0 Å². The van der Waals surface area contributed by atoms with Gasteiger partial charge in [0.25, 0.3) is 0 Å². The topological polar surface area (TPSA) is 99.5 Å². The highest BCUT2D eigenvalue weighted by atomic mass is 35.5. The van der Waals surface area contributed by atoms with Gasteiger partial charge in [0.2, 0.25) is 6.79 Å². The highest BCUT2D eigenvalue weighted by Gasteiger charge is 2.20. The molecule has 0 aliphatic carbocycles. The molecule has 0 aromatic heterocycles. The number of hydrogen-bond acceptors (Lipinski definition) is 6. The molecule has 29 heavy (non-hydrogen) atoms.